The summed E-state index contributed by atoms with van der Waals surface area (Å²) in [7, 11) is -3.32. The second kappa shape index (κ2) is 8.20. The van der Waals surface area contributed by atoms with Gasteiger partial charge in [-0.25, -0.2) is 13.4 Å². The van der Waals surface area contributed by atoms with Crippen LogP contribution in [0.5, 0.6) is 0 Å². The Kier molecular flexibility index (Phi) is 5.89. The van der Waals surface area contributed by atoms with E-state index < -0.39 is 9.84 Å². The van der Waals surface area contributed by atoms with Crippen LogP contribution in [0.1, 0.15) is 46.4 Å². The highest BCUT2D eigenvalue weighted by Crippen LogP contribution is 2.29. The predicted octanol–water partition coefficient (Wildman–Crippen LogP) is 2.63. The number of carbonyl (C=O) groups is 1. The van der Waals surface area contributed by atoms with Gasteiger partial charge < -0.3 is 14.8 Å². The van der Waals surface area contributed by atoms with E-state index in [9.17, 15) is 13.2 Å². The Morgan fingerprint density at radius 2 is 1.87 bits per heavy atom. The van der Waals surface area contributed by atoms with Crippen LogP contribution in [-0.2, 0) is 27.6 Å². The second-order valence-electron chi connectivity index (χ2n) is 10.3. The molecule has 4 rings (SSSR count). The van der Waals surface area contributed by atoms with Crippen molar-refractivity contribution in [2.75, 3.05) is 26.2 Å². The molecule has 3 heterocycles. The van der Waals surface area contributed by atoms with Gasteiger partial charge in [0.1, 0.15) is 5.82 Å². The number of rotatable bonds is 5. The fourth-order valence-electron chi connectivity index (χ4n) is 4.51. The molecule has 1 amide bonds. The maximum absolute atomic E-state index is 12.9. The minimum Gasteiger partial charge on any atom is -0.343 e. The molecule has 170 valence electrons. The molecular weight excluding hydrogens is 412 g/mol. The fraction of sp³-hybridized carbons (Fsp3) is 0.652. The molecule has 0 atom stereocenters. The van der Waals surface area contributed by atoms with Gasteiger partial charge in [0.25, 0.3) is 0 Å². The summed E-state index contributed by atoms with van der Waals surface area (Å²) in [6.45, 7) is 11.7. The SMILES string of the molecule is CC(=O)N1CCC(Cn2c(CC(C)(C)C)nc3cc(S(=O)(=O)C4CNC4)ccc32)CC1. The number of piperidine rings is 1. The molecule has 0 saturated carbocycles. The van der Waals surface area contributed by atoms with Crippen molar-refractivity contribution in [3.05, 3.63) is 24.0 Å². The summed E-state index contributed by atoms with van der Waals surface area (Å²) >= 11 is 0. The molecule has 8 heteroatoms. The van der Waals surface area contributed by atoms with Crippen LogP contribution in [0.15, 0.2) is 23.1 Å². The highest BCUT2D eigenvalue weighted by Gasteiger charge is 2.33. The molecule has 1 N–H and O–H groups in total. The lowest BCUT2D eigenvalue weighted by Crippen LogP contribution is -2.51. The average molecular weight is 447 g/mol. The Hall–Kier alpha value is -1.93. The van der Waals surface area contributed by atoms with Crippen molar-refractivity contribution in [3.8, 4) is 0 Å². The normalized spacial score (nSPS) is 19.0. The topological polar surface area (TPSA) is 84.3 Å². The third-order valence-electron chi connectivity index (χ3n) is 6.50. The molecule has 1 aromatic heterocycles. The minimum absolute atomic E-state index is 0.0730. The molecule has 0 spiro atoms. The van der Waals surface area contributed by atoms with Crippen molar-refractivity contribution < 1.29 is 13.2 Å². The highest BCUT2D eigenvalue weighted by molar-refractivity contribution is 7.92. The number of nitrogens with one attached hydrogen (secondary N) is 1. The van der Waals surface area contributed by atoms with E-state index in [0.29, 0.717) is 23.9 Å². The first-order chi connectivity index (χ1) is 14.5. The lowest BCUT2D eigenvalue weighted by Gasteiger charge is -2.32. The van der Waals surface area contributed by atoms with E-state index >= 15 is 0 Å². The Balaban J connectivity index is 1.65. The average Bonchev–Trinajstić information content (AvgIpc) is 2.95. The Morgan fingerprint density at radius 1 is 1.19 bits per heavy atom. The quantitative estimate of drug-likeness (QED) is 0.763. The van der Waals surface area contributed by atoms with Crippen molar-refractivity contribution in [1.82, 2.24) is 19.8 Å². The summed E-state index contributed by atoms with van der Waals surface area (Å²) in [4.78, 5) is 18.8. The van der Waals surface area contributed by atoms with E-state index in [4.69, 9.17) is 4.98 Å². The van der Waals surface area contributed by atoms with Gasteiger partial charge in [0.15, 0.2) is 9.84 Å². The van der Waals surface area contributed by atoms with Gasteiger partial charge in [-0.05, 0) is 42.4 Å². The molecule has 31 heavy (non-hydrogen) atoms. The highest BCUT2D eigenvalue weighted by atomic mass is 32.2. The van der Waals surface area contributed by atoms with Gasteiger partial charge in [0.05, 0.1) is 21.2 Å². The van der Waals surface area contributed by atoms with E-state index in [1.807, 2.05) is 11.0 Å². The molecule has 2 fully saturated rings. The number of amides is 1. The number of sulfone groups is 1. The number of aromatic nitrogens is 2. The van der Waals surface area contributed by atoms with Crippen molar-refractivity contribution in [1.29, 1.82) is 0 Å². The molecule has 2 aromatic rings. The van der Waals surface area contributed by atoms with Crippen LogP contribution >= 0.6 is 0 Å². The van der Waals surface area contributed by atoms with Gasteiger partial charge >= 0.3 is 0 Å². The summed E-state index contributed by atoms with van der Waals surface area (Å²) in [6, 6.07) is 5.43. The van der Waals surface area contributed by atoms with E-state index in [1.165, 1.54) is 0 Å². The number of benzene rings is 1. The summed E-state index contributed by atoms with van der Waals surface area (Å²) in [5, 5.41) is 2.71. The third-order valence-corrected chi connectivity index (χ3v) is 8.62. The van der Waals surface area contributed by atoms with Crippen molar-refractivity contribution >= 4 is 26.8 Å². The van der Waals surface area contributed by atoms with Crippen LogP contribution in [0.4, 0.5) is 0 Å². The van der Waals surface area contributed by atoms with E-state index in [-0.39, 0.29) is 16.6 Å². The van der Waals surface area contributed by atoms with Crippen LogP contribution in [-0.4, -0.2) is 60.2 Å². The van der Waals surface area contributed by atoms with E-state index in [0.717, 1.165) is 55.8 Å². The summed E-state index contributed by atoms with van der Waals surface area (Å²) in [6.07, 6.45) is 2.79. The van der Waals surface area contributed by atoms with E-state index in [1.54, 1.807) is 19.1 Å². The van der Waals surface area contributed by atoms with Crippen molar-refractivity contribution in [3.63, 3.8) is 0 Å². The van der Waals surface area contributed by atoms with Gasteiger partial charge in [-0.1, -0.05) is 20.8 Å². The van der Waals surface area contributed by atoms with Crippen LogP contribution in [0, 0.1) is 11.3 Å². The molecular formula is C23H34N4O3S. The molecule has 0 bridgehead atoms. The number of imidazole rings is 1. The van der Waals surface area contributed by atoms with Crippen molar-refractivity contribution in [2.24, 2.45) is 11.3 Å². The largest absolute Gasteiger partial charge is 0.343 e. The van der Waals surface area contributed by atoms with E-state index in [2.05, 4.69) is 30.7 Å². The molecule has 2 saturated heterocycles. The van der Waals surface area contributed by atoms with Gasteiger partial charge in [0, 0.05) is 46.1 Å². The molecule has 7 nitrogen and oxygen atoms in total. The summed E-state index contributed by atoms with van der Waals surface area (Å²) < 4.78 is 28.0. The molecule has 0 unspecified atom stereocenters. The Bertz CT molecular complexity index is 1070. The van der Waals surface area contributed by atoms with Gasteiger partial charge in [-0.15, -0.1) is 0 Å². The molecule has 0 radical (unpaired) electrons. The maximum Gasteiger partial charge on any atom is 0.219 e. The standard InChI is InChI=1S/C23H34N4O3S/c1-16(28)26-9-7-17(8-10-26)15-27-21-6-5-18(31(29,30)19-13-24-14-19)11-20(21)25-22(27)12-23(2,3)4/h5-6,11,17,19,24H,7-10,12-15H2,1-4H3. The summed E-state index contributed by atoms with van der Waals surface area (Å²) in [5.41, 5.74) is 1.83. The number of carbonyl (C=O) groups excluding carboxylic acids is 1. The van der Waals surface area contributed by atoms with Crippen LogP contribution in [0.25, 0.3) is 11.0 Å². The number of hydrogen-bond donors (Lipinski definition) is 1. The summed E-state index contributed by atoms with van der Waals surface area (Å²) in [5.74, 6) is 1.64. The smallest absolute Gasteiger partial charge is 0.219 e. The molecule has 2 aliphatic heterocycles. The fourth-order valence-corrected chi connectivity index (χ4v) is 6.11. The van der Waals surface area contributed by atoms with Gasteiger partial charge in [-0.2, -0.15) is 0 Å². The molecule has 0 aliphatic carbocycles. The lowest BCUT2D eigenvalue weighted by molar-refractivity contribution is -0.130. The zero-order valence-electron chi connectivity index (χ0n) is 19.0. The third kappa shape index (κ3) is 4.65. The minimum atomic E-state index is -3.32. The zero-order chi connectivity index (χ0) is 22.4. The maximum atomic E-state index is 12.9. The second-order valence-corrected chi connectivity index (χ2v) is 12.5. The lowest BCUT2D eigenvalue weighted by atomic mass is 9.91. The zero-order valence-corrected chi connectivity index (χ0v) is 19.8. The first-order valence-corrected chi connectivity index (χ1v) is 12.8. The first-order valence-electron chi connectivity index (χ1n) is 11.2. The number of hydrogen-bond acceptors (Lipinski definition) is 5. The Labute approximate surface area is 185 Å². The Morgan fingerprint density at radius 3 is 2.42 bits per heavy atom. The van der Waals surface area contributed by atoms with Crippen LogP contribution < -0.4 is 5.32 Å². The van der Waals surface area contributed by atoms with Crippen LogP contribution in [0.2, 0.25) is 0 Å². The monoisotopic (exact) mass is 446 g/mol. The van der Waals surface area contributed by atoms with Crippen molar-refractivity contribution in [2.45, 2.75) is 63.6 Å². The van der Waals surface area contributed by atoms with Gasteiger partial charge in [0.2, 0.25) is 5.91 Å². The first kappa shape index (κ1) is 22.3. The molecule has 2 aliphatic rings. The molecule has 1 aromatic carbocycles. The number of fused-ring (bicyclic) bond motifs is 1. The number of nitrogens with zero attached hydrogens (tertiary/aromatic N) is 3. The van der Waals surface area contributed by atoms with Gasteiger partial charge in [-0.3, -0.25) is 4.79 Å². The predicted molar refractivity (Wildman–Crippen MR) is 122 cm³/mol. The number of likely N-dealkylation sites (tertiary alicyclic amines) is 1. The van der Waals surface area contributed by atoms with Crippen LogP contribution in [0.3, 0.4) is 0 Å².